The Balaban J connectivity index is 1.46. The zero-order valence-corrected chi connectivity index (χ0v) is 22.4. The zero-order valence-electron chi connectivity index (χ0n) is 21.6. The van der Waals surface area contributed by atoms with E-state index < -0.39 is 21.5 Å². The van der Waals surface area contributed by atoms with Crippen LogP contribution in [-0.2, 0) is 26.2 Å². The molecule has 1 saturated heterocycles. The topological polar surface area (TPSA) is 138 Å². The highest BCUT2D eigenvalue weighted by Gasteiger charge is 2.54. The van der Waals surface area contributed by atoms with Gasteiger partial charge in [0.1, 0.15) is 17.9 Å². The summed E-state index contributed by atoms with van der Waals surface area (Å²) in [7, 11) is -4.16. The second-order valence-electron chi connectivity index (χ2n) is 9.54. The SMILES string of the molecule is CCC(CC)C(=O)N1CC(NS(=O)(=O)c2ccc(OCc3cc(C)nc4ccccc34)cc2)(C(=O)NO)C1. The lowest BCUT2D eigenvalue weighted by molar-refractivity contribution is -0.153. The number of fused-ring (bicyclic) bond motifs is 1. The Kier molecular flexibility index (Phi) is 8.00. The lowest BCUT2D eigenvalue weighted by Crippen LogP contribution is -2.77. The van der Waals surface area contributed by atoms with Crippen molar-refractivity contribution in [2.45, 2.75) is 50.7 Å². The minimum absolute atomic E-state index is 0.0788. The van der Waals surface area contributed by atoms with E-state index in [9.17, 15) is 23.2 Å². The number of hydroxylamine groups is 1. The minimum atomic E-state index is -4.16. The molecule has 0 aliphatic carbocycles. The number of carbonyl (C=O) groups excluding carboxylic acids is 2. The predicted molar refractivity (Wildman–Crippen MR) is 141 cm³/mol. The van der Waals surface area contributed by atoms with Crippen LogP contribution in [0.5, 0.6) is 5.75 Å². The van der Waals surface area contributed by atoms with Gasteiger partial charge < -0.3 is 9.64 Å². The fourth-order valence-electron chi connectivity index (χ4n) is 4.73. The number of benzene rings is 2. The van der Waals surface area contributed by atoms with E-state index in [0.717, 1.165) is 22.2 Å². The predicted octanol–water partition coefficient (Wildman–Crippen LogP) is 2.92. The van der Waals surface area contributed by atoms with Crippen LogP contribution in [-0.4, -0.2) is 54.0 Å². The molecule has 2 heterocycles. The molecule has 1 fully saturated rings. The van der Waals surface area contributed by atoms with Crippen molar-refractivity contribution in [1.29, 1.82) is 0 Å². The van der Waals surface area contributed by atoms with Gasteiger partial charge in [0.05, 0.1) is 23.5 Å². The summed E-state index contributed by atoms with van der Waals surface area (Å²) in [6, 6.07) is 15.5. The number of ether oxygens (including phenoxy) is 1. The summed E-state index contributed by atoms with van der Waals surface area (Å²) in [5.74, 6) is -0.803. The van der Waals surface area contributed by atoms with Crippen LogP contribution in [0.2, 0.25) is 0 Å². The maximum absolute atomic E-state index is 13.1. The van der Waals surface area contributed by atoms with Gasteiger partial charge in [0.15, 0.2) is 0 Å². The Labute approximate surface area is 222 Å². The number of nitrogens with one attached hydrogen (secondary N) is 2. The highest BCUT2D eigenvalue weighted by atomic mass is 32.2. The zero-order chi connectivity index (χ0) is 27.5. The first-order valence-electron chi connectivity index (χ1n) is 12.5. The maximum atomic E-state index is 13.1. The van der Waals surface area contributed by atoms with Gasteiger partial charge in [-0.2, -0.15) is 4.72 Å². The first kappa shape index (κ1) is 27.5. The standard InChI is InChI=1S/C27H32N4O6S/c1-4-19(5-2)25(32)31-16-27(17-31,26(33)29-34)30-38(35,36)22-12-10-21(11-13-22)37-15-20-14-18(3)28-24-9-7-6-8-23(20)24/h6-14,19,30,34H,4-5,15-17H2,1-3H3,(H,29,33). The molecule has 3 N–H and O–H groups in total. The number of aryl methyl sites for hydroxylation is 1. The van der Waals surface area contributed by atoms with Crippen LogP contribution in [0.1, 0.15) is 37.9 Å². The molecule has 2 amide bonds. The minimum Gasteiger partial charge on any atom is -0.489 e. The number of hydrogen-bond donors (Lipinski definition) is 3. The van der Waals surface area contributed by atoms with E-state index >= 15 is 0 Å². The number of rotatable bonds is 10. The number of carbonyl (C=O) groups is 2. The van der Waals surface area contributed by atoms with Gasteiger partial charge in [-0.3, -0.25) is 19.8 Å². The summed E-state index contributed by atoms with van der Waals surface area (Å²) >= 11 is 0. The molecule has 1 aliphatic heterocycles. The van der Waals surface area contributed by atoms with E-state index in [4.69, 9.17) is 4.74 Å². The van der Waals surface area contributed by atoms with Crippen LogP contribution in [0.15, 0.2) is 59.5 Å². The van der Waals surface area contributed by atoms with Crippen molar-refractivity contribution in [2.24, 2.45) is 5.92 Å². The molecule has 0 saturated carbocycles. The highest BCUT2D eigenvalue weighted by Crippen LogP contribution is 2.28. The Morgan fingerprint density at radius 2 is 1.76 bits per heavy atom. The Morgan fingerprint density at radius 1 is 1.11 bits per heavy atom. The number of para-hydroxylation sites is 1. The summed E-state index contributed by atoms with van der Waals surface area (Å²) in [6.45, 7) is 5.64. The third kappa shape index (κ3) is 5.50. The van der Waals surface area contributed by atoms with Crippen LogP contribution < -0.4 is 14.9 Å². The molecule has 1 aromatic heterocycles. The number of likely N-dealkylation sites (tertiary alicyclic amines) is 1. The normalized spacial score (nSPS) is 14.8. The molecule has 3 aromatic rings. The lowest BCUT2D eigenvalue weighted by atomic mass is 9.88. The third-order valence-electron chi connectivity index (χ3n) is 6.89. The van der Waals surface area contributed by atoms with Gasteiger partial charge in [0.2, 0.25) is 15.9 Å². The summed E-state index contributed by atoms with van der Waals surface area (Å²) in [4.78, 5) is 31.0. The number of nitrogens with zero attached hydrogens (tertiary/aromatic N) is 2. The van der Waals surface area contributed by atoms with Gasteiger partial charge in [-0.15, -0.1) is 0 Å². The van der Waals surface area contributed by atoms with Crippen LogP contribution >= 0.6 is 0 Å². The van der Waals surface area contributed by atoms with E-state index in [1.807, 2.05) is 51.1 Å². The molecule has 0 unspecified atom stereocenters. The van der Waals surface area contributed by atoms with Crippen molar-refractivity contribution in [3.05, 3.63) is 65.9 Å². The van der Waals surface area contributed by atoms with Gasteiger partial charge in [0.25, 0.3) is 5.91 Å². The molecule has 10 nitrogen and oxygen atoms in total. The molecule has 1 aliphatic rings. The molecular weight excluding hydrogens is 508 g/mol. The van der Waals surface area contributed by atoms with Crippen molar-refractivity contribution in [2.75, 3.05) is 13.1 Å². The molecule has 0 bridgehead atoms. The van der Waals surface area contributed by atoms with Gasteiger partial charge >= 0.3 is 0 Å². The average Bonchev–Trinajstić information content (AvgIpc) is 2.89. The smallest absolute Gasteiger partial charge is 0.268 e. The number of pyridine rings is 1. The Morgan fingerprint density at radius 3 is 2.39 bits per heavy atom. The van der Waals surface area contributed by atoms with Crippen molar-refractivity contribution in [1.82, 2.24) is 20.1 Å². The van der Waals surface area contributed by atoms with Crippen LogP contribution in [0, 0.1) is 12.8 Å². The van der Waals surface area contributed by atoms with Gasteiger partial charge in [-0.25, -0.2) is 13.9 Å². The first-order valence-corrected chi connectivity index (χ1v) is 14.0. The maximum Gasteiger partial charge on any atom is 0.268 e. The first-order chi connectivity index (χ1) is 18.1. The quantitative estimate of drug-likeness (QED) is 0.266. The Hall–Kier alpha value is -3.54. The van der Waals surface area contributed by atoms with Gasteiger partial charge in [-0.1, -0.05) is 32.0 Å². The van der Waals surface area contributed by atoms with E-state index in [0.29, 0.717) is 18.6 Å². The monoisotopic (exact) mass is 540 g/mol. The van der Waals surface area contributed by atoms with E-state index in [1.165, 1.54) is 34.6 Å². The van der Waals surface area contributed by atoms with E-state index in [-0.39, 0.29) is 36.4 Å². The molecular formula is C27H32N4O6S. The fraction of sp³-hybridized carbons (Fsp3) is 0.370. The highest BCUT2D eigenvalue weighted by molar-refractivity contribution is 7.89. The molecule has 0 atom stereocenters. The van der Waals surface area contributed by atoms with Crippen molar-refractivity contribution in [3.63, 3.8) is 0 Å². The van der Waals surface area contributed by atoms with Crippen LogP contribution in [0.4, 0.5) is 0 Å². The molecule has 0 radical (unpaired) electrons. The summed E-state index contributed by atoms with van der Waals surface area (Å²) < 4.78 is 34.6. The molecule has 0 spiro atoms. The average molecular weight is 541 g/mol. The van der Waals surface area contributed by atoms with Crippen LogP contribution in [0.25, 0.3) is 10.9 Å². The van der Waals surface area contributed by atoms with E-state index in [2.05, 4.69) is 9.71 Å². The van der Waals surface area contributed by atoms with Gasteiger partial charge in [0, 0.05) is 22.6 Å². The van der Waals surface area contributed by atoms with E-state index in [1.54, 1.807) is 0 Å². The van der Waals surface area contributed by atoms with Crippen molar-refractivity contribution < 1.29 is 28.0 Å². The Bertz CT molecular complexity index is 1430. The summed E-state index contributed by atoms with van der Waals surface area (Å²) in [6.07, 6.45) is 1.28. The second kappa shape index (κ2) is 11.1. The summed E-state index contributed by atoms with van der Waals surface area (Å²) in [5, 5.41) is 10.2. The fourth-order valence-corrected chi connectivity index (χ4v) is 6.07. The third-order valence-corrected chi connectivity index (χ3v) is 8.44. The molecule has 2 aromatic carbocycles. The van der Waals surface area contributed by atoms with Crippen molar-refractivity contribution in [3.8, 4) is 5.75 Å². The van der Waals surface area contributed by atoms with Gasteiger partial charge in [-0.05, 0) is 56.2 Å². The number of hydrogen-bond acceptors (Lipinski definition) is 7. The second-order valence-corrected chi connectivity index (χ2v) is 11.2. The number of sulfonamides is 1. The molecule has 202 valence electrons. The lowest BCUT2D eigenvalue weighted by Gasteiger charge is -2.48. The molecule has 4 rings (SSSR count). The molecule has 38 heavy (non-hydrogen) atoms. The molecule has 11 heteroatoms. The number of aromatic nitrogens is 1. The number of amides is 2. The van der Waals surface area contributed by atoms with Crippen LogP contribution in [0.3, 0.4) is 0 Å². The van der Waals surface area contributed by atoms with Crippen molar-refractivity contribution >= 4 is 32.7 Å². The largest absolute Gasteiger partial charge is 0.489 e. The summed E-state index contributed by atoms with van der Waals surface area (Å²) in [5.41, 5.74) is 2.56.